The van der Waals surface area contributed by atoms with Crippen LogP contribution in [0.2, 0.25) is 0 Å². The number of pyridine rings is 1. The number of benzene rings is 1. The lowest BCUT2D eigenvalue weighted by molar-refractivity contribution is 1.01. The number of hydrogen-bond donors (Lipinski definition) is 1. The van der Waals surface area contributed by atoms with Crippen LogP contribution in [0.5, 0.6) is 0 Å². The first-order valence-corrected chi connectivity index (χ1v) is 7.06. The Hall–Kier alpha value is 0.0300. The third-order valence-electron chi connectivity index (χ3n) is 2.29. The van der Waals surface area contributed by atoms with Gasteiger partial charge in [-0.2, -0.15) is 0 Å². The predicted molar refractivity (Wildman–Crippen MR) is 78.1 cm³/mol. The summed E-state index contributed by atoms with van der Waals surface area (Å²) in [6.07, 6.45) is 0. The molecule has 2 rings (SSSR count). The molecule has 0 fully saturated rings. The highest BCUT2D eigenvalue weighted by molar-refractivity contribution is 9.38. The molecule has 5 heteroatoms. The zero-order valence-electron chi connectivity index (χ0n) is 8.25. The number of fused-ring (bicyclic) bond motifs is 1. The smallest absolute Gasteiger partial charge is 0.176 e. The highest BCUT2D eigenvalue weighted by atomic mass is 80.0. The van der Waals surface area contributed by atoms with Crippen LogP contribution in [0.25, 0.3) is 10.9 Å². The first-order chi connectivity index (χ1) is 7.52. The first-order valence-electron chi connectivity index (χ1n) is 4.68. The molecule has 16 heavy (non-hydrogen) atoms. The summed E-state index contributed by atoms with van der Waals surface area (Å²) in [4.78, 5) is 4.60. The first kappa shape index (κ1) is 12.5. The van der Waals surface area contributed by atoms with Crippen molar-refractivity contribution in [1.29, 1.82) is 0 Å². The van der Waals surface area contributed by atoms with E-state index in [0.29, 0.717) is 6.54 Å². The lowest BCUT2D eigenvalue weighted by Crippen LogP contribution is -2.10. The lowest BCUT2D eigenvalue weighted by atomic mass is 10.1. The summed E-state index contributed by atoms with van der Waals surface area (Å²) < 4.78 is -0.522. The van der Waals surface area contributed by atoms with Crippen LogP contribution >= 0.6 is 47.8 Å². The molecule has 0 saturated heterocycles. The Labute approximate surface area is 119 Å². The van der Waals surface area contributed by atoms with Gasteiger partial charge in [0.05, 0.1) is 11.2 Å². The van der Waals surface area contributed by atoms with Crippen molar-refractivity contribution in [1.82, 2.24) is 4.98 Å². The molecule has 0 aliphatic carbocycles. The van der Waals surface area contributed by atoms with Gasteiger partial charge in [0.1, 0.15) is 0 Å². The molecule has 2 aromatic rings. The van der Waals surface area contributed by atoms with Crippen LogP contribution in [0.1, 0.15) is 11.3 Å². The SMILES string of the molecule is NCc1cc2ccccc2nc1C(Br)(Br)Br. The van der Waals surface area contributed by atoms with Gasteiger partial charge in [-0.1, -0.05) is 66.0 Å². The number of halogens is 3. The van der Waals surface area contributed by atoms with Crippen molar-refractivity contribution in [2.24, 2.45) is 5.73 Å². The standard InChI is InChI=1S/C11H9Br3N2/c12-11(13,14)10-8(6-15)5-7-3-1-2-4-9(7)16-10/h1-5H,6,15H2. The van der Waals surface area contributed by atoms with Crippen LogP contribution in [0, 0.1) is 0 Å². The number of aromatic nitrogens is 1. The molecule has 1 aromatic heterocycles. The van der Waals surface area contributed by atoms with Crippen molar-refractivity contribution in [2.75, 3.05) is 0 Å². The maximum absolute atomic E-state index is 5.74. The molecule has 0 amide bonds. The van der Waals surface area contributed by atoms with E-state index in [4.69, 9.17) is 5.73 Å². The van der Waals surface area contributed by atoms with Gasteiger partial charge < -0.3 is 5.73 Å². The molecule has 0 saturated carbocycles. The fourth-order valence-corrected chi connectivity index (χ4v) is 2.59. The summed E-state index contributed by atoms with van der Waals surface area (Å²) in [6.45, 7) is 0.456. The summed E-state index contributed by atoms with van der Waals surface area (Å²) in [6, 6.07) is 10.0. The summed E-state index contributed by atoms with van der Waals surface area (Å²) >= 11 is 10.4. The molecule has 0 radical (unpaired) electrons. The highest BCUT2D eigenvalue weighted by Crippen LogP contribution is 2.45. The monoisotopic (exact) mass is 406 g/mol. The topological polar surface area (TPSA) is 38.9 Å². The van der Waals surface area contributed by atoms with E-state index < -0.39 is 2.14 Å². The van der Waals surface area contributed by atoms with Crippen LogP contribution in [0.3, 0.4) is 0 Å². The molecule has 2 nitrogen and oxygen atoms in total. The zero-order chi connectivity index (χ0) is 11.8. The highest BCUT2D eigenvalue weighted by Gasteiger charge is 2.26. The molecule has 0 spiro atoms. The van der Waals surface area contributed by atoms with Crippen LogP contribution in [-0.2, 0) is 8.69 Å². The van der Waals surface area contributed by atoms with Gasteiger partial charge in [0.25, 0.3) is 0 Å². The summed E-state index contributed by atoms with van der Waals surface area (Å²) in [5.41, 5.74) is 8.55. The normalized spacial score (nSPS) is 12.0. The summed E-state index contributed by atoms with van der Waals surface area (Å²) in [5, 5.41) is 1.10. The van der Waals surface area contributed by atoms with Gasteiger partial charge in [-0.05, 0) is 17.7 Å². The van der Waals surface area contributed by atoms with E-state index in [-0.39, 0.29) is 0 Å². The fourth-order valence-electron chi connectivity index (χ4n) is 1.56. The second-order valence-corrected chi connectivity index (χ2v) is 10.2. The van der Waals surface area contributed by atoms with Gasteiger partial charge in [0, 0.05) is 11.9 Å². The van der Waals surface area contributed by atoms with E-state index in [1.165, 1.54) is 0 Å². The third kappa shape index (κ3) is 2.47. The van der Waals surface area contributed by atoms with Crippen LogP contribution in [-0.4, -0.2) is 4.98 Å². The van der Waals surface area contributed by atoms with Crippen LogP contribution in [0.4, 0.5) is 0 Å². The van der Waals surface area contributed by atoms with Gasteiger partial charge in [-0.3, -0.25) is 0 Å². The van der Waals surface area contributed by atoms with Gasteiger partial charge in [0.2, 0.25) is 0 Å². The molecular weight excluding hydrogens is 400 g/mol. The van der Waals surface area contributed by atoms with E-state index in [9.17, 15) is 0 Å². The largest absolute Gasteiger partial charge is 0.326 e. The second-order valence-electron chi connectivity index (χ2n) is 3.39. The molecule has 0 atom stereocenters. The maximum atomic E-state index is 5.74. The Morgan fingerprint density at radius 2 is 1.88 bits per heavy atom. The average molecular weight is 409 g/mol. The Balaban J connectivity index is 2.73. The molecule has 2 N–H and O–H groups in total. The minimum Gasteiger partial charge on any atom is -0.326 e. The van der Waals surface area contributed by atoms with Crippen molar-refractivity contribution in [2.45, 2.75) is 8.69 Å². The number of rotatable bonds is 1. The minimum absolute atomic E-state index is 0.456. The molecule has 0 aliphatic heterocycles. The third-order valence-corrected chi connectivity index (χ3v) is 3.42. The van der Waals surface area contributed by atoms with Crippen molar-refractivity contribution < 1.29 is 0 Å². The van der Waals surface area contributed by atoms with Gasteiger partial charge in [-0.15, -0.1) is 0 Å². The second kappa shape index (κ2) is 4.72. The van der Waals surface area contributed by atoms with Crippen molar-refractivity contribution in [3.05, 3.63) is 41.6 Å². The molecule has 0 unspecified atom stereocenters. The number of nitrogens with zero attached hydrogens (tertiary/aromatic N) is 1. The fraction of sp³-hybridized carbons (Fsp3) is 0.182. The molecule has 1 aromatic carbocycles. The summed E-state index contributed by atoms with van der Waals surface area (Å²) in [7, 11) is 0. The molecule has 84 valence electrons. The van der Waals surface area contributed by atoms with E-state index in [0.717, 1.165) is 22.2 Å². The zero-order valence-corrected chi connectivity index (χ0v) is 13.0. The Kier molecular flexibility index (Phi) is 3.69. The molecule has 1 heterocycles. The summed E-state index contributed by atoms with van der Waals surface area (Å²) in [5.74, 6) is 0. The average Bonchev–Trinajstić information content (AvgIpc) is 2.26. The Morgan fingerprint density at radius 3 is 2.50 bits per heavy atom. The number of nitrogens with two attached hydrogens (primary N) is 1. The van der Waals surface area contributed by atoms with Crippen molar-refractivity contribution in [3.63, 3.8) is 0 Å². The van der Waals surface area contributed by atoms with Crippen molar-refractivity contribution in [3.8, 4) is 0 Å². The minimum atomic E-state index is -0.522. The molecule has 0 aliphatic rings. The quantitative estimate of drug-likeness (QED) is 0.725. The number of para-hydroxylation sites is 1. The lowest BCUT2D eigenvalue weighted by Gasteiger charge is -2.16. The number of alkyl halides is 3. The maximum Gasteiger partial charge on any atom is 0.176 e. The Bertz CT molecular complexity index is 520. The number of hydrogen-bond acceptors (Lipinski definition) is 2. The molecule has 0 bridgehead atoms. The van der Waals surface area contributed by atoms with E-state index in [2.05, 4.69) is 58.8 Å². The van der Waals surface area contributed by atoms with E-state index in [1.807, 2.05) is 24.3 Å². The van der Waals surface area contributed by atoms with Gasteiger partial charge in [0.15, 0.2) is 2.14 Å². The van der Waals surface area contributed by atoms with Crippen LogP contribution in [0.15, 0.2) is 30.3 Å². The van der Waals surface area contributed by atoms with Crippen LogP contribution < -0.4 is 5.73 Å². The predicted octanol–water partition coefficient (Wildman–Crippen LogP) is 3.99. The van der Waals surface area contributed by atoms with E-state index in [1.54, 1.807) is 0 Å². The molecular formula is C11H9Br3N2. The van der Waals surface area contributed by atoms with Gasteiger partial charge >= 0.3 is 0 Å². The Morgan fingerprint density at radius 1 is 1.19 bits per heavy atom. The van der Waals surface area contributed by atoms with Crippen molar-refractivity contribution >= 4 is 58.7 Å². The van der Waals surface area contributed by atoms with Gasteiger partial charge in [-0.25, -0.2) is 4.98 Å². The van der Waals surface area contributed by atoms with E-state index >= 15 is 0 Å².